The molecule has 5 aromatic rings. The van der Waals surface area contributed by atoms with Crippen LogP contribution in [0.1, 0.15) is 73.8 Å². The Morgan fingerprint density at radius 3 is 1.94 bits per heavy atom. The van der Waals surface area contributed by atoms with E-state index in [1.807, 2.05) is 72.8 Å². The van der Waals surface area contributed by atoms with Crippen molar-refractivity contribution in [2.24, 2.45) is 5.92 Å². The number of aryl methyl sites for hydroxylation is 1. The molecule has 13 nitrogen and oxygen atoms in total. The van der Waals surface area contributed by atoms with Crippen molar-refractivity contribution in [3.05, 3.63) is 155 Å². The Balaban J connectivity index is 1.37. The van der Waals surface area contributed by atoms with E-state index >= 15 is 0 Å². The number of aliphatic carboxylic acids is 1. The van der Waals surface area contributed by atoms with Crippen LogP contribution in [0.5, 0.6) is 5.75 Å². The van der Waals surface area contributed by atoms with Gasteiger partial charge in [-0.2, -0.15) is 0 Å². The highest BCUT2D eigenvalue weighted by molar-refractivity contribution is 5.97. The van der Waals surface area contributed by atoms with Crippen molar-refractivity contribution in [2.75, 3.05) is 12.4 Å². The van der Waals surface area contributed by atoms with Crippen LogP contribution in [0.4, 0.5) is 5.69 Å². The van der Waals surface area contributed by atoms with Gasteiger partial charge < -0.3 is 36.4 Å². The SMILES string of the molecule is COc1cc(CC(C)C)ccc1-c1ccc(C(C)C2NC(=O)C(CCc3ccccc3)NC(=O)CCC(=O)Nc3ccc(cc3)CC(C(=O)O)NC(=O)C(Cc3ccccc3)NC2=O)cc1. The number of hydrogen-bond donors (Lipinski definition) is 6. The maximum Gasteiger partial charge on any atom is 0.326 e. The number of rotatable bonds is 12. The highest BCUT2D eigenvalue weighted by atomic mass is 16.5. The molecule has 6 N–H and O–H groups in total. The van der Waals surface area contributed by atoms with Crippen LogP contribution in [0.25, 0.3) is 11.1 Å². The summed E-state index contributed by atoms with van der Waals surface area (Å²) in [6.45, 7) is 6.11. The fourth-order valence-electron chi connectivity index (χ4n) is 8.10. The van der Waals surface area contributed by atoms with E-state index in [1.54, 1.807) is 62.6 Å². The van der Waals surface area contributed by atoms with Gasteiger partial charge in [-0.3, -0.25) is 24.0 Å². The zero-order chi connectivity index (χ0) is 47.2. The van der Waals surface area contributed by atoms with Crippen molar-refractivity contribution >= 4 is 41.2 Å². The van der Waals surface area contributed by atoms with Gasteiger partial charge in [0.15, 0.2) is 0 Å². The lowest BCUT2D eigenvalue weighted by atomic mass is 9.90. The summed E-state index contributed by atoms with van der Waals surface area (Å²) in [4.78, 5) is 82.6. The number of carboxylic acid groups (broad SMARTS) is 1. The van der Waals surface area contributed by atoms with Gasteiger partial charge in [0.1, 0.15) is 29.9 Å². The average Bonchev–Trinajstić information content (AvgIpc) is 3.31. The first-order chi connectivity index (χ1) is 31.8. The van der Waals surface area contributed by atoms with Crippen molar-refractivity contribution in [1.82, 2.24) is 21.3 Å². The maximum atomic E-state index is 14.8. The number of ether oxygens (including phenoxy) is 1. The highest BCUT2D eigenvalue weighted by Gasteiger charge is 2.35. The monoisotopic (exact) mass is 893 g/mol. The van der Waals surface area contributed by atoms with Gasteiger partial charge in [-0.15, -0.1) is 0 Å². The molecule has 0 aromatic heterocycles. The molecular formula is C53H59N5O8. The largest absolute Gasteiger partial charge is 0.496 e. The third-order valence-corrected chi connectivity index (χ3v) is 11.7. The summed E-state index contributed by atoms with van der Waals surface area (Å²) >= 11 is 0. The van der Waals surface area contributed by atoms with Gasteiger partial charge in [-0.25, -0.2) is 4.79 Å². The number of carbonyl (C=O) groups is 6. The normalized spacial score (nSPS) is 19.3. The molecule has 66 heavy (non-hydrogen) atoms. The fraction of sp³-hybridized carbons (Fsp3) is 0.321. The van der Waals surface area contributed by atoms with Gasteiger partial charge in [0.25, 0.3) is 0 Å². The molecule has 5 amide bonds. The van der Waals surface area contributed by atoms with Crippen LogP contribution >= 0.6 is 0 Å². The first-order valence-corrected chi connectivity index (χ1v) is 22.4. The molecular weight excluding hydrogens is 835 g/mol. The number of anilines is 1. The molecule has 5 unspecified atom stereocenters. The molecule has 0 radical (unpaired) electrons. The minimum atomic E-state index is -1.37. The molecule has 7 rings (SSSR count). The molecule has 5 atom stereocenters. The van der Waals surface area contributed by atoms with Crippen LogP contribution in [-0.2, 0) is 54.5 Å². The van der Waals surface area contributed by atoms with Crippen molar-refractivity contribution in [1.29, 1.82) is 0 Å². The lowest BCUT2D eigenvalue weighted by Gasteiger charge is -2.29. The second-order valence-corrected chi connectivity index (χ2v) is 17.3. The summed E-state index contributed by atoms with van der Waals surface area (Å²) in [7, 11) is 1.63. The van der Waals surface area contributed by atoms with E-state index in [-0.39, 0.29) is 32.1 Å². The molecule has 344 valence electrons. The quantitative estimate of drug-likeness (QED) is 0.0761. The molecule has 2 aliphatic heterocycles. The van der Waals surface area contributed by atoms with Crippen LogP contribution < -0.4 is 31.3 Å². The third kappa shape index (κ3) is 13.6. The van der Waals surface area contributed by atoms with Crippen molar-refractivity contribution in [2.45, 2.75) is 95.8 Å². The summed E-state index contributed by atoms with van der Waals surface area (Å²) < 4.78 is 5.79. The number of amides is 5. The predicted octanol–water partition coefficient (Wildman–Crippen LogP) is 6.54. The van der Waals surface area contributed by atoms with E-state index in [2.05, 4.69) is 46.5 Å². The number of carbonyl (C=O) groups excluding carboxylic acids is 5. The number of nitrogens with one attached hydrogen (secondary N) is 5. The Hall–Kier alpha value is -7.28. The summed E-state index contributed by atoms with van der Waals surface area (Å²) in [6, 6.07) is 33.7. The van der Waals surface area contributed by atoms with E-state index in [0.29, 0.717) is 34.7 Å². The summed E-state index contributed by atoms with van der Waals surface area (Å²) in [5.74, 6) is -3.82. The van der Waals surface area contributed by atoms with E-state index in [1.165, 1.54) is 0 Å². The Morgan fingerprint density at radius 1 is 0.667 bits per heavy atom. The molecule has 0 spiro atoms. The van der Waals surface area contributed by atoms with Crippen LogP contribution in [0.2, 0.25) is 0 Å². The molecule has 0 saturated carbocycles. The number of benzene rings is 5. The molecule has 2 heterocycles. The van der Waals surface area contributed by atoms with Gasteiger partial charge in [-0.1, -0.05) is 130 Å². The first-order valence-electron chi connectivity index (χ1n) is 22.4. The summed E-state index contributed by atoms with van der Waals surface area (Å²) in [5, 5.41) is 24.3. The summed E-state index contributed by atoms with van der Waals surface area (Å²) in [6.07, 6.45) is 1.01. The highest BCUT2D eigenvalue weighted by Crippen LogP contribution is 2.33. The van der Waals surface area contributed by atoms with E-state index in [0.717, 1.165) is 34.4 Å². The van der Waals surface area contributed by atoms with E-state index in [4.69, 9.17) is 4.74 Å². The minimum Gasteiger partial charge on any atom is -0.496 e. The molecule has 5 aromatic carbocycles. The number of hydrogen-bond acceptors (Lipinski definition) is 7. The minimum absolute atomic E-state index is 0.0104. The average molecular weight is 894 g/mol. The van der Waals surface area contributed by atoms with Crippen LogP contribution in [0, 0.1) is 5.92 Å². The molecule has 0 fully saturated rings. The Morgan fingerprint density at radius 2 is 1.30 bits per heavy atom. The van der Waals surface area contributed by atoms with E-state index in [9.17, 15) is 33.9 Å². The van der Waals surface area contributed by atoms with Crippen molar-refractivity contribution in [3.63, 3.8) is 0 Å². The number of carboxylic acids is 1. The smallest absolute Gasteiger partial charge is 0.326 e. The maximum absolute atomic E-state index is 14.8. The fourth-order valence-corrected chi connectivity index (χ4v) is 8.10. The molecule has 2 bridgehead atoms. The lowest BCUT2D eigenvalue weighted by Crippen LogP contribution is -2.59. The molecule has 13 heteroatoms. The zero-order valence-corrected chi connectivity index (χ0v) is 37.8. The topological polar surface area (TPSA) is 192 Å². The van der Waals surface area contributed by atoms with E-state index < -0.39 is 65.6 Å². The second-order valence-electron chi connectivity index (χ2n) is 17.3. The predicted molar refractivity (Wildman–Crippen MR) is 254 cm³/mol. The Labute approximate surface area is 386 Å². The van der Waals surface area contributed by atoms with Gasteiger partial charge in [0, 0.05) is 42.9 Å². The standard InChI is InChI=1S/C53H59N5O8/c1-33(2)29-38-17-25-42(46(32-38)66-4)40-21-19-39(20-22-40)34(3)49-52(63)56-44(30-36-13-9-6-10-14-36)51(62)57-45(53(64)65)31-37-15-23-41(24-16-37)54-47(59)27-28-48(60)55-43(50(61)58-49)26-18-35-11-7-5-8-12-35/h5-17,19-25,32-34,43-45,49H,18,26-31H2,1-4H3,(H,54,59)(H,55,60)(H,56,63)(H,57,62)(H,58,61)(H,64,65). The van der Waals surface area contributed by atoms with Crippen LogP contribution in [0.15, 0.2) is 127 Å². The van der Waals surface area contributed by atoms with Gasteiger partial charge in [-0.05, 0) is 76.8 Å². The van der Waals surface area contributed by atoms with Gasteiger partial charge >= 0.3 is 5.97 Å². The lowest BCUT2D eigenvalue weighted by molar-refractivity contribution is -0.142. The molecule has 0 aliphatic carbocycles. The van der Waals surface area contributed by atoms with Gasteiger partial charge in [0.05, 0.1) is 7.11 Å². The first kappa shape index (κ1) is 48.2. The molecule has 0 saturated heterocycles. The Kier molecular flexibility index (Phi) is 16.8. The molecule has 2 aliphatic rings. The van der Waals surface area contributed by atoms with Gasteiger partial charge in [0.2, 0.25) is 29.5 Å². The summed E-state index contributed by atoms with van der Waals surface area (Å²) in [5.41, 5.74) is 6.24. The van der Waals surface area contributed by atoms with Crippen molar-refractivity contribution in [3.8, 4) is 16.9 Å². The third-order valence-electron chi connectivity index (χ3n) is 11.7. The van der Waals surface area contributed by atoms with Crippen LogP contribution in [0.3, 0.4) is 0 Å². The van der Waals surface area contributed by atoms with Crippen LogP contribution in [-0.4, -0.2) is 71.9 Å². The Bertz CT molecular complexity index is 2460. The van der Waals surface area contributed by atoms with Crippen molar-refractivity contribution < 1.29 is 38.6 Å². The zero-order valence-electron chi connectivity index (χ0n) is 37.8. The number of fused-ring (bicyclic) bond motifs is 18. The number of methoxy groups -OCH3 is 1. The second kappa shape index (κ2) is 23.1.